The van der Waals surface area contributed by atoms with E-state index in [4.69, 9.17) is 9.84 Å². The lowest BCUT2D eigenvalue weighted by atomic mass is 10.1. The van der Waals surface area contributed by atoms with Gasteiger partial charge in [-0.25, -0.2) is 14.0 Å². The molecule has 1 atom stereocenters. The quantitative estimate of drug-likeness (QED) is 0.788. The molecular weight excluding hydrogens is 307 g/mol. The Balaban J connectivity index is 2.79. The Morgan fingerprint density at radius 3 is 2.39 bits per heavy atom. The maximum absolute atomic E-state index is 13.5. The van der Waals surface area contributed by atoms with Gasteiger partial charge < -0.3 is 20.5 Å². The highest BCUT2D eigenvalue weighted by Gasteiger charge is 2.23. The first kappa shape index (κ1) is 18.4. The van der Waals surface area contributed by atoms with Crippen molar-refractivity contribution in [1.29, 1.82) is 0 Å². The van der Waals surface area contributed by atoms with Crippen LogP contribution < -0.4 is 10.6 Å². The predicted molar refractivity (Wildman–Crippen MR) is 80.8 cm³/mol. The molecule has 0 spiro atoms. The number of carbonyl (C=O) groups excluding carboxylic acids is 2. The number of rotatable bonds is 4. The van der Waals surface area contributed by atoms with Gasteiger partial charge in [0.2, 0.25) is 5.91 Å². The summed E-state index contributed by atoms with van der Waals surface area (Å²) in [7, 11) is 0. The molecule has 23 heavy (non-hydrogen) atoms. The third-order valence-corrected chi connectivity index (χ3v) is 2.61. The van der Waals surface area contributed by atoms with Crippen molar-refractivity contribution in [3.05, 3.63) is 29.6 Å². The number of aromatic carboxylic acids is 1. The first-order chi connectivity index (χ1) is 10.5. The van der Waals surface area contributed by atoms with Crippen molar-refractivity contribution in [2.24, 2.45) is 0 Å². The van der Waals surface area contributed by atoms with E-state index in [1.165, 1.54) is 19.1 Å². The second-order valence-electron chi connectivity index (χ2n) is 5.82. The van der Waals surface area contributed by atoms with Gasteiger partial charge in [-0.05, 0) is 39.8 Å². The van der Waals surface area contributed by atoms with E-state index in [-0.39, 0.29) is 5.69 Å². The number of alkyl carbamates (subject to hydrolysis) is 1. The maximum atomic E-state index is 13.5. The van der Waals surface area contributed by atoms with Gasteiger partial charge in [0, 0.05) is 0 Å². The molecule has 0 bridgehead atoms. The van der Waals surface area contributed by atoms with Crippen molar-refractivity contribution in [3.63, 3.8) is 0 Å². The Kier molecular flexibility index (Phi) is 5.67. The number of amides is 2. The Labute approximate surface area is 132 Å². The average molecular weight is 326 g/mol. The van der Waals surface area contributed by atoms with Crippen LogP contribution in [0.15, 0.2) is 18.2 Å². The van der Waals surface area contributed by atoms with Crippen molar-refractivity contribution in [2.75, 3.05) is 5.32 Å². The standard InChI is InChI=1S/C15H19FN2O5/c1-8(17-14(22)23-15(2,3)4)12(19)18-10-7-5-6-9(16)11(10)13(20)21/h5-8H,1-4H3,(H,17,22)(H,18,19)(H,20,21)/t8-/m0/s1. The molecule has 0 saturated carbocycles. The molecule has 7 nitrogen and oxygen atoms in total. The van der Waals surface area contributed by atoms with E-state index in [2.05, 4.69) is 10.6 Å². The van der Waals surface area contributed by atoms with Crippen molar-refractivity contribution < 1.29 is 28.6 Å². The molecule has 126 valence electrons. The highest BCUT2D eigenvalue weighted by atomic mass is 19.1. The van der Waals surface area contributed by atoms with Crippen LogP contribution in [0.3, 0.4) is 0 Å². The lowest BCUT2D eigenvalue weighted by Gasteiger charge is -2.21. The fourth-order valence-electron chi connectivity index (χ4n) is 1.64. The van der Waals surface area contributed by atoms with E-state index < -0.39 is 41.0 Å². The van der Waals surface area contributed by atoms with Crippen molar-refractivity contribution in [2.45, 2.75) is 39.3 Å². The minimum Gasteiger partial charge on any atom is -0.478 e. The summed E-state index contributed by atoms with van der Waals surface area (Å²) in [5.41, 5.74) is -1.56. The zero-order chi connectivity index (χ0) is 17.8. The molecule has 1 aromatic rings. The molecule has 0 aliphatic heterocycles. The van der Waals surface area contributed by atoms with Crippen LogP contribution in [0.4, 0.5) is 14.9 Å². The topological polar surface area (TPSA) is 105 Å². The minimum atomic E-state index is -1.51. The summed E-state index contributed by atoms with van der Waals surface area (Å²) >= 11 is 0. The summed E-state index contributed by atoms with van der Waals surface area (Å²) in [5.74, 6) is -3.18. The normalized spacial score (nSPS) is 12.2. The van der Waals surface area contributed by atoms with E-state index in [0.29, 0.717) is 0 Å². The number of carboxylic acids is 1. The fourth-order valence-corrected chi connectivity index (χ4v) is 1.64. The number of nitrogens with one attached hydrogen (secondary N) is 2. The number of ether oxygens (including phenoxy) is 1. The Bertz CT molecular complexity index is 625. The van der Waals surface area contributed by atoms with Crippen LogP contribution in [0.25, 0.3) is 0 Å². The summed E-state index contributed by atoms with van der Waals surface area (Å²) < 4.78 is 18.5. The van der Waals surface area contributed by atoms with Crippen molar-refractivity contribution in [1.82, 2.24) is 5.32 Å². The van der Waals surface area contributed by atoms with Crippen LogP contribution in [0.5, 0.6) is 0 Å². The zero-order valence-corrected chi connectivity index (χ0v) is 13.3. The van der Waals surface area contributed by atoms with Gasteiger partial charge in [-0.1, -0.05) is 6.07 Å². The lowest BCUT2D eigenvalue weighted by Crippen LogP contribution is -2.44. The third kappa shape index (κ3) is 5.57. The Morgan fingerprint density at radius 1 is 1.26 bits per heavy atom. The molecule has 1 aromatic carbocycles. The van der Waals surface area contributed by atoms with Crippen LogP contribution in [0.1, 0.15) is 38.1 Å². The van der Waals surface area contributed by atoms with Crippen LogP contribution in [-0.4, -0.2) is 34.7 Å². The van der Waals surface area contributed by atoms with Gasteiger partial charge in [-0.15, -0.1) is 0 Å². The van der Waals surface area contributed by atoms with Crippen LogP contribution in [0.2, 0.25) is 0 Å². The van der Waals surface area contributed by atoms with Gasteiger partial charge in [-0.2, -0.15) is 0 Å². The molecule has 0 radical (unpaired) electrons. The van der Waals surface area contributed by atoms with Gasteiger partial charge in [0.1, 0.15) is 23.0 Å². The molecule has 0 saturated heterocycles. The summed E-state index contributed by atoms with van der Waals surface area (Å²) in [6.07, 6.45) is -0.794. The molecule has 8 heteroatoms. The molecule has 0 aliphatic rings. The molecule has 0 heterocycles. The summed E-state index contributed by atoms with van der Waals surface area (Å²) in [5, 5.41) is 13.6. The highest BCUT2D eigenvalue weighted by Crippen LogP contribution is 2.19. The van der Waals surface area contributed by atoms with E-state index in [1.54, 1.807) is 20.8 Å². The molecule has 0 unspecified atom stereocenters. The monoisotopic (exact) mass is 326 g/mol. The largest absolute Gasteiger partial charge is 0.478 e. The van der Waals surface area contributed by atoms with Gasteiger partial charge in [0.15, 0.2) is 0 Å². The predicted octanol–water partition coefficient (Wildman–Crippen LogP) is 2.38. The SMILES string of the molecule is C[C@H](NC(=O)OC(C)(C)C)C(=O)Nc1cccc(F)c1C(=O)O. The van der Waals surface area contributed by atoms with E-state index in [0.717, 1.165) is 6.07 Å². The van der Waals surface area contributed by atoms with Gasteiger partial charge in [-0.3, -0.25) is 4.79 Å². The van der Waals surface area contributed by atoms with Gasteiger partial charge in [0.25, 0.3) is 0 Å². The average Bonchev–Trinajstić information content (AvgIpc) is 2.35. The third-order valence-electron chi connectivity index (χ3n) is 2.61. The van der Waals surface area contributed by atoms with E-state index >= 15 is 0 Å². The molecular formula is C15H19FN2O5. The van der Waals surface area contributed by atoms with Gasteiger partial charge in [0.05, 0.1) is 5.69 Å². The summed E-state index contributed by atoms with van der Waals surface area (Å²) in [6.45, 7) is 6.40. The number of halogens is 1. The van der Waals surface area contributed by atoms with E-state index in [1.807, 2.05) is 0 Å². The van der Waals surface area contributed by atoms with Crippen LogP contribution in [0, 0.1) is 5.82 Å². The highest BCUT2D eigenvalue weighted by molar-refractivity contribution is 6.02. The number of anilines is 1. The molecule has 1 rings (SSSR count). The van der Waals surface area contributed by atoms with Crippen LogP contribution >= 0.6 is 0 Å². The van der Waals surface area contributed by atoms with E-state index in [9.17, 15) is 18.8 Å². The number of carbonyl (C=O) groups is 3. The first-order valence-electron chi connectivity index (χ1n) is 6.83. The van der Waals surface area contributed by atoms with Crippen molar-refractivity contribution in [3.8, 4) is 0 Å². The Morgan fingerprint density at radius 2 is 1.87 bits per heavy atom. The van der Waals surface area contributed by atoms with Crippen molar-refractivity contribution >= 4 is 23.7 Å². The summed E-state index contributed by atoms with van der Waals surface area (Å²) in [4.78, 5) is 34.6. The lowest BCUT2D eigenvalue weighted by molar-refractivity contribution is -0.117. The number of hydrogen-bond acceptors (Lipinski definition) is 4. The number of benzene rings is 1. The minimum absolute atomic E-state index is 0.194. The fraction of sp³-hybridized carbons (Fsp3) is 0.400. The first-order valence-corrected chi connectivity index (χ1v) is 6.83. The van der Waals surface area contributed by atoms with Crippen LogP contribution in [-0.2, 0) is 9.53 Å². The molecule has 0 aromatic heterocycles. The number of carboxylic acid groups (broad SMARTS) is 1. The maximum Gasteiger partial charge on any atom is 0.408 e. The molecule has 3 N–H and O–H groups in total. The molecule has 2 amide bonds. The van der Waals surface area contributed by atoms with Gasteiger partial charge >= 0.3 is 12.1 Å². The second kappa shape index (κ2) is 7.08. The Hall–Kier alpha value is -2.64. The number of hydrogen-bond donors (Lipinski definition) is 3. The smallest absolute Gasteiger partial charge is 0.408 e. The molecule has 0 fully saturated rings. The summed E-state index contributed by atoms with van der Waals surface area (Å²) in [6, 6.07) is 2.49. The molecule has 0 aliphatic carbocycles. The second-order valence-corrected chi connectivity index (χ2v) is 5.82. The zero-order valence-electron chi connectivity index (χ0n) is 13.3.